The van der Waals surface area contributed by atoms with E-state index in [0.717, 1.165) is 15.1 Å². The Bertz CT molecular complexity index is 1560. The third-order valence-electron chi connectivity index (χ3n) is 5.39. The summed E-state index contributed by atoms with van der Waals surface area (Å²) in [7, 11) is -8.08. The molecular formula is C24H22BrNO6S2. The summed E-state index contributed by atoms with van der Waals surface area (Å²) in [6.45, 7) is 3.12. The number of rotatable bonds is 7. The van der Waals surface area contributed by atoms with Gasteiger partial charge in [-0.3, -0.25) is 4.18 Å². The molecule has 4 rings (SSSR count). The minimum absolute atomic E-state index is 0.0291. The molecule has 1 aromatic heterocycles. The number of hydrogen-bond donors (Lipinski definition) is 1. The number of nitrogens with zero attached hydrogens (tertiary/aromatic N) is 1. The fraction of sp³-hybridized carbons (Fsp3) is 0.167. The Kier molecular flexibility index (Phi) is 6.71. The van der Waals surface area contributed by atoms with Crippen LogP contribution in [0.15, 0.2) is 87.2 Å². The van der Waals surface area contributed by atoms with Crippen molar-refractivity contribution in [1.82, 2.24) is 3.97 Å². The van der Waals surface area contributed by atoms with Gasteiger partial charge in [-0.1, -0.05) is 57.4 Å². The molecule has 0 amide bonds. The number of benzene rings is 3. The van der Waals surface area contributed by atoms with E-state index < -0.39 is 32.9 Å². The van der Waals surface area contributed by atoms with Gasteiger partial charge >= 0.3 is 0 Å². The number of aromatic nitrogens is 1. The van der Waals surface area contributed by atoms with Crippen molar-refractivity contribution < 1.29 is 26.1 Å². The van der Waals surface area contributed by atoms with Gasteiger partial charge < -0.3 is 5.11 Å². The monoisotopic (exact) mass is 563 g/mol. The standard InChI is InChI=1S/C24H22BrNO6S2/c1-16-3-8-19(9-4-16)33(28,29)26-14-22(21-12-7-18(25)13-23(21)26)24(27)15-32-34(30,31)20-10-5-17(2)6-11-20/h3-14,24,27H,15H2,1-2H3/t24-/m0/s1. The zero-order chi connectivity index (χ0) is 24.7. The van der Waals surface area contributed by atoms with Crippen LogP contribution in [0.4, 0.5) is 0 Å². The Morgan fingerprint density at radius 1 is 0.882 bits per heavy atom. The number of aryl methyl sites for hydroxylation is 2. The molecule has 0 aliphatic heterocycles. The van der Waals surface area contributed by atoms with Crippen molar-refractivity contribution in [2.45, 2.75) is 29.7 Å². The van der Waals surface area contributed by atoms with Crippen LogP contribution in [0.25, 0.3) is 10.9 Å². The van der Waals surface area contributed by atoms with Crippen LogP contribution in [-0.2, 0) is 24.3 Å². The first kappa shape index (κ1) is 24.6. The summed E-state index contributed by atoms with van der Waals surface area (Å²) < 4.78 is 58.6. The van der Waals surface area contributed by atoms with Crippen LogP contribution < -0.4 is 0 Å². The molecule has 4 aromatic rings. The van der Waals surface area contributed by atoms with Gasteiger partial charge in [0.2, 0.25) is 0 Å². The maximum absolute atomic E-state index is 13.4. The zero-order valence-corrected chi connectivity index (χ0v) is 21.6. The molecule has 0 unspecified atom stereocenters. The predicted molar refractivity (Wildman–Crippen MR) is 133 cm³/mol. The summed E-state index contributed by atoms with van der Waals surface area (Å²) in [6.07, 6.45) is -0.0860. The van der Waals surface area contributed by atoms with Crippen LogP contribution in [0.5, 0.6) is 0 Å². The van der Waals surface area contributed by atoms with E-state index in [9.17, 15) is 21.9 Å². The molecule has 1 atom stereocenters. The highest BCUT2D eigenvalue weighted by molar-refractivity contribution is 9.10. The highest BCUT2D eigenvalue weighted by Gasteiger charge is 2.26. The van der Waals surface area contributed by atoms with E-state index in [4.69, 9.17) is 4.18 Å². The van der Waals surface area contributed by atoms with Gasteiger partial charge in [0.05, 0.1) is 21.9 Å². The smallest absolute Gasteiger partial charge is 0.297 e. The second-order valence-corrected chi connectivity index (χ2v) is 12.3. The van der Waals surface area contributed by atoms with Gasteiger partial charge in [-0.15, -0.1) is 0 Å². The van der Waals surface area contributed by atoms with E-state index in [1.165, 1.54) is 30.5 Å². The van der Waals surface area contributed by atoms with Crippen LogP contribution in [0.1, 0.15) is 22.8 Å². The van der Waals surface area contributed by atoms with E-state index in [1.807, 2.05) is 13.8 Å². The van der Waals surface area contributed by atoms with Crippen LogP contribution in [0.3, 0.4) is 0 Å². The van der Waals surface area contributed by atoms with Gasteiger partial charge in [0.25, 0.3) is 20.1 Å². The van der Waals surface area contributed by atoms with Gasteiger partial charge in [0.15, 0.2) is 0 Å². The quantitative estimate of drug-likeness (QED) is 0.327. The fourth-order valence-electron chi connectivity index (χ4n) is 3.50. The molecule has 1 N–H and O–H groups in total. The Morgan fingerprint density at radius 2 is 1.44 bits per heavy atom. The predicted octanol–water partition coefficient (Wildman–Crippen LogP) is 4.70. The normalized spacial score (nSPS) is 13.3. The lowest BCUT2D eigenvalue weighted by molar-refractivity contribution is 0.112. The molecule has 0 aliphatic rings. The fourth-order valence-corrected chi connectivity index (χ4v) is 6.13. The van der Waals surface area contributed by atoms with Crippen molar-refractivity contribution in [3.05, 3.63) is 94.1 Å². The molecule has 0 saturated carbocycles. The third-order valence-corrected chi connectivity index (χ3v) is 8.87. The van der Waals surface area contributed by atoms with Crippen molar-refractivity contribution >= 4 is 47.0 Å². The molecule has 178 valence electrons. The van der Waals surface area contributed by atoms with Crippen molar-refractivity contribution in [2.24, 2.45) is 0 Å². The van der Waals surface area contributed by atoms with Crippen molar-refractivity contribution in [3.63, 3.8) is 0 Å². The number of aliphatic hydroxyl groups excluding tert-OH is 1. The number of fused-ring (bicyclic) bond motifs is 1. The van der Waals surface area contributed by atoms with E-state index in [-0.39, 0.29) is 15.4 Å². The van der Waals surface area contributed by atoms with E-state index >= 15 is 0 Å². The molecule has 34 heavy (non-hydrogen) atoms. The summed E-state index contributed by atoms with van der Waals surface area (Å²) >= 11 is 3.36. The second kappa shape index (κ2) is 9.27. The minimum Gasteiger partial charge on any atom is -0.386 e. The minimum atomic E-state index is -4.10. The maximum Gasteiger partial charge on any atom is 0.297 e. The average Bonchev–Trinajstić information content (AvgIpc) is 3.17. The van der Waals surface area contributed by atoms with Crippen LogP contribution >= 0.6 is 15.9 Å². The van der Waals surface area contributed by atoms with E-state index in [2.05, 4.69) is 15.9 Å². The molecule has 0 saturated heterocycles. The first-order chi connectivity index (χ1) is 16.0. The van der Waals surface area contributed by atoms with E-state index in [0.29, 0.717) is 15.4 Å². The van der Waals surface area contributed by atoms with Gasteiger partial charge in [0.1, 0.15) is 6.10 Å². The summed E-state index contributed by atoms with van der Waals surface area (Å²) in [6, 6.07) is 17.6. The Labute approximate surface area is 206 Å². The van der Waals surface area contributed by atoms with Gasteiger partial charge in [-0.05, 0) is 50.2 Å². The molecule has 1 heterocycles. The summed E-state index contributed by atoms with van der Waals surface area (Å²) in [4.78, 5) is 0.0628. The molecule has 3 aromatic carbocycles. The molecule has 0 radical (unpaired) electrons. The molecule has 7 nitrogen and oxygen atoms in total. The first-order valence-electron chi connectivity index (χ1n) is 10.3. The van der Waals surface area contributed by atoms with Gasteiger partial charge in [0, 0.05) is 21.6 Å². The summed E-state index contributed by atoms with van der Waals surface area (Å²) in [5.41, 5.74) is 2.39. The summed E-state index contributed by atoms with van der Waals surface area (Å²) in [5, 5.41) is 11.3. The van der Waals surface area contributed by atoms with E-state index in [1.54, 1.807) is 42.5 Å². The number of halogens is 1. The highest BCUT2D eigenvalue weighted by Crippen LogP contribution is 2.32. The average molecular weight is 564 g/mol. The van der Waals surface area contributed by atoms with Crippen molar-refractivity contribution in [1.29, 1.82) is 0 Å². The highest BCUT2D eigenvalue weighted by atomic mass is 79.9. The summed E-state index contributed by atoms with van der Waals surface area (Å²) in [5.74, 6) is 0. The van der Waals surface area contributed by atoms with Crippen LogP contribution in [0.2, 0.25) is 0 Å². The molecule has 0 bridgehead atoms. The largest absolute Gasteiger partial charge is 0.386 e. The molecule has 0 fully saturated rings. The third kappa shape index (κ3) is 4.82. The topological polar surface area (TPSA) is 103 Å². The zero-order valence-electron chi connectivity index (χ0n) is 18.3. The Balaban J connectivity index is 1.71. The lowest BCUT2D eigenvalue weighted by atomic mass is 10.1. The van der Waals surface area contributed by atoms with Gasteiger partial charge in [-0.25, -0.2) is 12.4 Å². The SMILES string of the molecule is Cc1ccc(S(=O)(=O)OC[C@H](O)c2cn(S(=O)(=O)c3ccc(C)cc3)c3cc(Br)ccc23)cc1. The molecule has 0 spiro atoms. The first-order valence-corrected chi connectivity index (χ1v) is 13.9. The Hall–Kier alpha value is -2.50. The van der Waals surface area contributed by atoms with Crippen molar-refractivity contribution in [3.8, 4) is 0 Å². The molecular weight excluding hydrogens is 542 g/mol. The molecule has 10 heteroatoms. The lowest BCUT2D eigenvalue weighted by Crippen LogP contribution is -2.14. The van der Waals surface area contributed by atoms with Crippen LogP contribution in [-0.4, -0.2) is 32.5 Å². The molecule has 0 aliphatic carbocycles. The number of hydrogen-bond acceptors (Lipinski definition) is 6. The van der Waals surface area contributed by atoms with Crippen molar-refractivity contribution in [2.75, 3.05) is 6.61 Å². The lowest BCUT2D eigenvalue weighted by Gasteiger charge is -2.11. The van der Waals surface area contributed by atoms with Gasteiger partial charge in [-0.2, -0.15) is 8.42 Å². The second-order valence-electron chi connectivity index (χ2n) is 7.93. The Morgan fingerprint density at radius 3 is 2.03 bits per heavy atom. The maximum atomic E-state index is 13.4. The number of aliphatic hydroxyl groups is 1. The van der Waals surface area contributed by atoms with Crippen LogP contribution in [0, 0.1) is 13.8 Å².